The Balaban J connectivity index is 1.73. The minimum Gasteiger partial charge on any atom is -0.508 e. The van der Waals surface area contributed by atoms with Crippen molar-refractivity contribution in [1.82, 2.24) is 10.2 Å². The van der Waals surface area contributed by atoms with Crippen LogP contribution in [0.1, 0.15) is 52.9 Å². The van der Waals surface area contributed by atoms with Gasteiger partial charge in [-0.15, -0.1) is 0 Å². The van der Waals surface area contributed by atoms with Crippen molar-refractivity contribution in [3.8, 4) is 0 Å². The number of nitrogens with one attached hydrogen (secondary N) is 1. The molecule has 2 saturated heterocycles. The van der Waals surface area contributed by atoms with Crippen molar-refractivity contribution in [3.63, 3.8) is 0 Å². The lowest BCUT2D eigenvalue weighted by molar-refractivity contribution is -0.122. The van der Waals surface area contributed by atoms with E-state index in [0.29, 0.717) is 18.1 Å². The van der Waals surface area contributed by atoms with E-state index in [4.69, 9.17) is 0 Å². The number of unbranched alkanes of at least 4 members (excludes halogenated alkanes) is 2. The Labute approximate surface area is 138 Å². The van der Waals surface area contributed by atoms with Gasteiger partial charge in [0, 0.05) is 18.0 Å². The van der Waals surface area contributed by atoms with Crippen molar-refractivity contribution in [2.75, 3.05) is 0 Å². The predicted octanol–water partition coefficient (Wildman–Crippen LogP) is 3.43. The van der Waals surface area contributed by atoms with Crippen LogP contribution in [-0.2, 0) is 4.79 Å². The first kappa shape index (κ1) is 16.2. The van der Waals surface area contributed by atoms with Crippen molar-refractivity contribution in [2.45, 2.75) is 70.5 Å². The number of carbonyl (C=O) groups excluding carboxylic acids is 1. The van der Waals surface area contributed by atoms with Gasteiger partial charge in [-0.1, -0.05) is 31.9 Å². The second-order valence-corrected chi connectivity index (χ2v) is 7.12. The summed E-state index contributed by atoms with van der Waals surface area (Å²) in [6.45, 7) is 6.44. The molecule has 4 heteroatoms. The van der Waals surface area contributed by atoms with Gasteiger partial charge < -0.3 is 15.3 Å². The van der Waals surface area contributed by atoms with E-state index in [1.807, 2.05) is 13.0 Å². The molecule has 1 aliphatic carbocycles. The minimum atomic E-state index is 0.0479. The zero-order chi connectivity index (χ0) is 16.6. The molecule has 0 aromatic rings. The molecule has 0 spiro atoms. The normalized spacial score (nSPS) is 36.3. The van der Waals surface area contributed by atoms with Crippen LogP contribution in [0.5, 0.6) is 0 Å². The van der Waals surface area contributed by atoms with Gasteiger partial charge in [0.25, 0.3) is 0 Å². The van der Waals surface area contributed by atoms with E-state index in [9.17, 15) is 9.90 Å². The Kier molecular flexibility index (Phi) is 4.26. The first-order valence-electron chi connectivity index (χ1n) is 8.86. The molecule has 3 rings (SSSR count). The average Bonchev–Trinajstić information content (AvgIpc) is 3.13. The summed E-state index contributed by atoms with van der Waals surface area (Å²) in [7, 11) is 0. The SMILES string of the molecule is C/C=C1/[C@@H](NC(=O)CCCCC)CC2C=CC(O)=CC3N1C23C. The van der Waals surface area contributed by atoms with E-state index in [1.165, 1.54) is 5.70 Å². The van der Waals surface area contributed by atoms with E-state index in [1.54, 1.807) is 6.08 Å². The number of hydrogen-bond donors (Lipinski definition) is 2. The highest BCUT2D eigenvalue weighted by Crippen LogP contribution is 2.57. The summed E-state index contributed by atoms with van der Waals surface area (Å²) in [5, 5.41) is 13.1. The quantitative estimate of drug-likeness (QED) is 0.603. The van der Waals surface area contributed by atoms with Gasteiger partial charge in [-0.25, -0.2) is 0 Å². The third-order valence-corrected chi connectivity index (χ3v) is 5.67. The first-order chi connectivity index (χ1) is 11.0. The lowest BCUT2D eigenvalue weighted by atomic mass is 9.82. The lowest BCUT2D eigenvalue weighted by Gasteiger charge is -2.36. The zero-order valence-electron chi connectivity index (χ0n) is 14.4. The van der Waals surface area contributed by atoms with Crippen LogP contribution in [0.3, 0.4) is 0 Å². The Morgan fingerprint density at radius 2 is 2.30 bits per heavy atom. The second-order valence-electron chi connectivity index (χ2n) is 7.12. The maximum atomic E-state index is 12.2. The zero-order valence-corrected chi connectivity index (χ0v) is 14.4. The molecule has 3 unspecified atom stereocenters. The van der Waals surface area contributed by atoms with E-state index in [2.05, 4.69) is 36.2 Å². The molecule has 2 heterocycles. The van der Waals surface area contributed by atoms with E-state index in [-0.39, 0.29) is 23.5 Å². The number of amides is 1. The van der Waals surface area contributed by atoms with Crippen molar-refractivity contribution in [2.24, 2.45) is 5.92 Å². The fourth-order valence-corrected chi connectivity index (χ4v) is 4.27. The molecule has 4 atom stereocenters. The Morgan fingerprint density at radius 3 is 3.00 bits per heavy atom. The Hall–Kier alpha value is -1.71. The van der Waals surface area contributed by atoms with Crippen molar-refractivity contribution < 1.29 is 9.90 Å². The highest BCUT2D eigenvalue weighted by Gasteiger charge is 2.66. The topological polar surface area (TPSA) is 52.3 Å². The summed E-state index contributed by atoms with van der Waals surface area (Å²) in [5.74, 6) is 0.852. The third-order valence-electron chi connectivity index (χ3n) is 5.67. The van der Waals surface area contributed by atoms with Crippen LogP contribution in [-0.4, -0.2) is 33.5 Å². The largest absolute Gasteiger partial charge is 0.508 e. The van der Waals surface area contributed by atoms with E-state index in [0.717, 1.165) is 25.7 Å². The van der Waals surface area contributed by atoms with Gasteiger partial charge >= 0.3 is 0 Å². The molecule has 2 fully saturated rings. The molecule has 4 nitrogen and oxygen atoms in total. The third kappa shape index (κ3) is 2.68. The molecule has 3 aliphatic rings. The van der Waals surface area contributed by atoms with Crippen LogP contribution in [0, 0.1) is 5.92 Å². The summed E-state index contributed by atoms with van der Waals surface area (Å²) >= 11 is 0. The number of carbonyl (C=O) groups is 1. The molecule has 0 radical (unpaired) electrons. The van der Waals surface area contributed by atoms with Crippen LogP contribution in [0.15, 0.2) is 35.8 Å². The Bertz CT molecular complexity index is 578. The van der Waals surface area contributed by atoms with Crippen LogP contribution in [0.4, 0.5) is 0 Å². The van der Waals surface area contributed by atoms with Crippen molar-refractivity contribution >= 4 is 5.91 Å². The monoisotopic (exact) mass is 316 g/mol. The second kappa shape index (κ2) is 6.06. The van der Waals surface area contributed by atoms with Crippen molar-refractivity contribution in [3.05, 3.63) is 35.8 Å². The standard InChI is InChI=1S/C19H28N2O2/c1-4-6-7-8-18(23)20-15-11-13-9-10-14(22)12-17-19(13,3)21(17)16(15)5-2/h5,9-10,12-13,15,17,22H,4,6-8,11H2,1-3H3,(H,20,23)/b16-5-/t13?,15-,17?,19?,21?/m0/s1. The fourth-order valence-electron chi connectivity index (χ4n) is 4.27. The average molecular weight is 316 g/mol. The Morgan fingerprint density at radius 1 is 1.52 bits per heavy atom. The molecular formula is C19H28N2O2. The number of hydrogen-bond acceptors (Lipinski definition) is 3. The summed E-state index contributed by atoms with van der Waals surface area (Å²) < 4.78 is 0. The van der Waals surface area contributed by atoms with E-state index >= 15 is 0 Å². The molecule has 1 amide bonds. The van der Waals surface area contributed by atoms with Crippen LogP contribution in [0.2, 0.25) is 0 Å². The van der Waals surface area contributed by atoms with Gasteiger partial charge in [0.2, 0.25) is 5.91 Å². The molecule has 2 N–H and O–H groups in total. The first-order valence-corrected chi connectivity index (χ1v) is 8.86. The number of allylic oxidation sites excluding steroid dienone is 2. The summed E-state index contributed by atoms with van der Waals surface area (Å²) in [4.78, 5) is 14.6. The molecular weight excluding hydrogens is 288 g/mol. The number of rotatable bonds is 5. The molecule has 126 valence electrons. The molecule has 0 aromatic heterocycles. The molecule has 2 aliphatic heterocycles. The van der Waals surface area contributed by atoms with Gasteiger partial charge in [-0.3, -0.25) is 4.79 Å². The van der Waals surface area contributed by atoms with Gasteiger partial charge in [-0.2, -0.15) is 0 Å². The van der Waals surface area contributed by atoms with Crippen LogP contribution in [0.25, 0.3) is 0 Å². The number of aliphatic hydroxyl groups excluding tert-OH is 1. The van der Waals surface area contributed by atoms with Gasteiger partial charge in [0.15, 0.2) is 0 Å². The van der Waals surface area contributed by atoms with Gasteiger partial charge in [-0.05, 0) is 38.8 Å². The highest BCUT2D eigenvalue weighted by molar-refractivity contribution is 5.76. The summed E-state index contributed by atoms with van der Waals surface area (Å²) in [6, 6.07) is 0.311. The number of aliphatic hydroxyl groups is 1. The smallest absolute Gasteiger partial charge is 0.220 e. The van der Waals surface area contributed by atoms with E-state index < -0.39 is 0 Å². The molecule has 0 bridgehead atoms. The minimum absolute atomic E-state index is 0.0479. The predicted molar refractivity (Wildman–Crippen MR) is 91.8 cm³/mol. The maximum absolute atomic E-state index is 12.2. The lowest BCUT2D eigenvalue weighted by Crippen LogP contribution is -2.46. The molecule has 23 heavy (non-hydrogen) atoms. The highest BCUT2D eigenvalue weighted by atomic mass is 16.3. The van der Waals surface area contributed by atoms with Crippen LogP contribution < -0.4 is 5.32 Å². The number of piperidine rings is 1. The van der Waals surface area contributed by atoms with Crippen molar-refractivity contribution in [1.29, 1.82) is 0 Å². The summed E-state index contributed by atoms with van der Waals surface area (Å²) in [6.07, 6.45) is 12.7. The van der Waals surface area contributed by atoms with Gasteiger partial charge in [0.1, 0.15) is 5.76 Å². The summed E-state index contributed by atoms with van der Waals surface area (Å²) in [5.41, 5.74) is 1.24. The number of fused-ring (bicyclic) bond motifs is 1. The fraction of sp³-hybridized carbons (Fsp3) is 0.632. The maximum Gasteiger partial charge on any atom is 0.220 e. The molecule has 0 aromatic carbocycles. The molecule has 0 saturated carbocycles. The van der Waals surface area contributed by atoms with Crippen LogP contribution >= 0.6 is 0 Å². The van der Waals surface area contributed by atoms with Gasteiger partial charge in [0.05, 0.1) is 17.6 Å². The number of nitrogens with zero attached hydrogens (tertiary/aromatic N) is 1.